The fourth-order valence-electron chi connectivity index (χ4n) is 3.31. The summed E-state index contributed by atoms with van der Waals surface area (Å²) >= 11 is 0. The van der Waals surface area contributed by atoms with Gasteiger partial charge in [0, 0.05) is 0 Å². The maximum absolute atomic E-state index is 13.5. The normalized spacial score (nSPS) is 11.2. The number of carbonyl (C=O) groups excluding carboxylic acids is 1. The molecule has 0 radical (unpaired) electrons. The molecule has 0 aromatic heterocycles. The van der Waals surface area contributed by atoms with Gasteiger partial charge in [-0.2, -0.15) is 0 Å². The van der Waals surface area contributed by atoms with Crippen LogP contribution < -0.4 is 9.04 Å². The van der Waals surface area contributed by atoms with Crippen molar-refractivity contribution in [3.05, 3.63) is 52.6 Å². The van der Waals surface area contributed by atoms with Gasteiger partial charge >= 0.3 is 5.97 Å². The van der Waals surface area contributed by atoms with Gasteiger partial charge in [0.25, 0.3) is 10.0 Å². The van der Waals surface area contributed by atoms with Gasteiger partial charge in [-0.05, 0) is 69.5 Å². The Morgan fingerprint density at radius 1 is 1.00 bits per heavy atom. The number of aryl methyl sites for hydroxylation is 4. The summed E-state index contributed by atoms with van der Waals surface area (Å²) in [4.78, 5) is 12.3. The van der Waals surface area contributed by atoms with Crippen LogP contribution in [0.2, 0.25) is 0 Å². The average Bonchev–Trinajstić information content (AvgIpc) is 2.60. The maximum atomic E-state index is 13.5. The highest BCUT2D eigenvalue weighted by Crippen LogP contribution is 2.32. The summed E-state index contributed by atoms with van der Waals surface area (Å²) in [6.07, 6.45) is 0. The zero-order valence-corrected chi connectivity index (χ0v) is 18.0. The molecule has 0 bridgehead atoms. The Morgan fingerprint density at radius 3 is 2.11 bits per heavy atom. The second-order valence-electron chi connectivity index (χ2n) is 6.70. The number of hydrogen-bond donors (Lipinski definition) is 0. The molecule has 0 amide bonds. The number of nitrogens with zero attached hydrogens (tertiary/aromatic N) is 1. The van der Waals surface area contributed by atoms with Crippen LogP contribution in [0.15, 0.2) is 35.2 Å². The molecular weight excluding hydrogens is 378 g/mol. The maximum Gasteiger partial charge on any atom is 0.326 e. The van der Waals surface area contributed by atoms with Crippen molar-refractivity contribution in [1.29, 1.82) is 0 Å². The first-order chi connectivity index (χ1) is 13.1. The second kappa shape index (κ2) is 8.65. The summed E-state index contributed by atoms with van der Waals surface area (Å²) in [5, 5.41) is 0. The fourth-order valence-corrected chi connectivity index (χ4v) is 4.94. The van der Waals surface area contributed by atoms with E-state index in [4.69, 9.17) is 9.47 Å². The van der Waals surface area contributed by atoms with Crippen molar-refractivity contribution in [3.8, 4) is 5.75 Å². The van der Waals surface area contributed by atoms with Gasteiger partial charge in [-0.15, -0.1) is 0 Å². The van der Waals surface area contributed by atoms with Gasteiger partial charge in [0.15, 0.2) is 0 Å². The lowest BCUT2D eigenvalue weighted by Gasteiger charge is -2.27. The van der Waals surface area contributed by atoms with Crippen molar-refractivity contribution in [1.82, 2.24) is 0 Å². The van der Waals surface area contributed by atoms with Crippen LogP contribution in [0.4, 0.5) is 5.69 Å². The number of rotatable bonds is 7. The van der Waals surface area contributed by atoms with E-state index in [0.29, 0.717) is 17.0 Å². The molecule has 0 fully saturated rings. The number of anilines is 1. The molecule has 0 heterocycles. The van der Waals surface area contributed by atoms with Crippen molar-refractivity contribution in [3.63, 3.8) is 0 Å². The molecule has 2 aromatic rings. The Hall–Kier alpha value is -2.54. The van der Waals surface area contributed by atoms with Gasteiger partial charge in [0.05, 0.1) is 24.3 Å². The highest BCUT2D eigenvalue weighted by Gasteiger charge is 2.30. The third kappa shape index (κ3) is 4.47. The van der Waals surface area contributed by atoms with Crippen LogP contribution in [0.1, 0.15) is 29.2 Å². The Bertz CT molecular complexity index is 959. The molecule has 28 heavy (non-hydrogen) atoms. The van der Waals surface area contributed by atoms with Crippen molar-refractivity contribution in [2.75, 3.05) is 24.6 Å². The first-order valence-electron chi connectivity index (χ1n) is 9.02. The summed E-state index contributed by atoms with van der Waals surface area (Å²) in [6, 6.07) is 8.44. The monoisotopic (exact) mass is 405 g/mol. The number of benzene rings is 2. The molecule has 7 heteroatoms. The molecule has 0 spiro atoms. The topological polar surface area (TPSA) is 72.9 Å². The summed E-state index contributed by atoms with van der Waals surface area (Å²) in [5.74, 6) is -0.00530. The summed E-state index contributed by atoms with van der Waals surface area (Å²) in [5.41, 5.74) is 3.75. The second-order valence-corrected chi connectivity index (χ2v) is 8.56. The molecule has 0 aliphatic heterocycles. The van der Waals surface area contributed by atoms with Gasteiger partial charge in [-0.3, -0.25) is 9.10 Å². The lowest BCUT2D eigenvalue weighted by atomic mass is 10.1. The Morgan fingerprint density at radius 2 is 1.61 bits per heavy atom. The number of carbonyl (C=O) groups is 1. The lowest BCUT2D eigenvalue weighted by molar-refractivity contribution is -0.141. The number of esters is 1. The lowest BCUT2D eigenvalue weighted by Crippen LogP contribution is -2.37. The fraction of sp³-hybridized carbons (Fsp3) is 0.381. The summed E-state index contributed by atoms with van der Waals surface area (Å²) in [6.45, 7) is 8.86. The standard InChI is InChI=1S/C21H27NO5S/c1-7-27-20(23)13-22(21-16(4)10-14(2)11-17(21)5)28(24,25)18-8-9-19(26-6)15(3)12-18/h8-12H,7,13H2,1-6H3. The summed E-state index contributed by atoms with van der Waals surface area (Å²) in [7, 11) is -2.47. The van der Waals surface area contributed by atoms with E-state index in [2.05, 4.69) is 0 Å². The average molecular weight is 406 g/mol. The zero-order chi connectivity index (χ0) is 21.1. The largest absolute Gasteiger partial charge is 0.496 e. The van der Waals surface area contributed by atoms with Gasteiger partial charge < -0.3 is 9.47 Å². The molecule has 152 valence electrons. The number of ether oxygens (including phenoxy) is 2. The molecule has 2 rings (SSSR count). The molecule has 0 unspecified atom stereocenters. The van der Waals surface area contributed by atoms with Gasteiger partial charge in [-0.25, -0.2) is 8.42 Å². The predicted octanol–water partition coefficient (Wildman–Crippen LogP) is 3.69. The summed E-state index contributed by atoms with van der Waals surface area (Å²) < 4.78 is 38.4. The minimum absolute atomic E-state index is 0.0921. The minimum Gasteiger partial charge on any atom is -0.496 e. The van der Waals surface area contributed by atoms with Crippen molar-refractivity contribution in [2.45, 2.75) is 39.5 Å². The van der Waals surface area contributed by atoms with E-state index in [1.165, 1.54) is 13.2 Å². The van der Waals surface area contributed by atoms with E-state index < -0.39 is 22.5 Å². The highest BCUT2D eigenvalue weighted by molar-refractivity contribution is 7.92. The molecule has 0 aliphatic carbocycles. The van der Waals surface area contributed by atoms with Crippen molar-refractivity contribution < 1.29 is 22.7 Å². The first kappa shape index (κ1) is 21.8. The van der Waals surface area contributed by atoms with Gasteiger partial charge in [-0.1, -0.05) is 17.7 Å². The van der Waals surface area contributed by atoms with E-state index in [1.807, 2.05) is 32.9 Å². The van der Waals surface area contributed by atoms with Crippen LogP contribution in [0, 0.1) is 27.7 Å². The molecule has 2 aromatic carbocycles. The molecule has 0 saturated heterocycles. The van der Waals surface area contributed by atoms with Gasteiger partial charge in [0.1, 0.15) is 12.3 Å². The number of sulfonamides is 1. The van der Waals surface area contributed by atoms with Gasteiger partial charge in [0.2, 0.25) is 0 Å². The predicted molar refractivity (Wildman–Crippen MR) is 110 cm³/mol. The zero-order valence-electron chi connectivity index (χ0n) is 17.2. The van der Waals surface area contributed by atoms with Crippen LogP contribution in [0.5, 0.6) is 5.75 Å². The minimum atomic E-state index is -4.00. The Balaban J connectivity index is 2.64. The van der Waals surface area contributed by atoms with Crippen LogP contribution in [0.3, 0.4) is 0 Å². The van der Waals surface area contributed by atoms with E-state index in [0.717, 1.165) is 21.0 Å². The Labute approximate surface area is 167 Å². The molecule has 0 aliphatic rings. The van der Waals surface area contributed by atoms with Crippen LogP contribution in [-0.2, 0) is 19.6 Å². The molecule has 6 nitrogen and oxygen atoms in total. The van der Waals surface area contributed by atoms with Crippen LogP contribution >= 0.6 is 0 Å². The van der Waals surface area contributed by atoms with Crippen LogP contribution in [-0.4, -0.2) is 34.6 Å². The van der Waals surface area contributed by atoms with E-state index in [9.17, 15) is 13.2 Å². The van der Waals surface area contributed by atoms with E-state index in [1.54, 1.807) is 26.0 Å². The van der Waals surface area contributed by atoms with Crippen molar-refractivity contribution in [2.24, 2.45) is 0 Å². The quantitative estimate of drug-likeness (QED) is 0.657. The molecule has 0 N–H and O–H groups in total. The third-order valence-electron chi connectivity index (χ3n) is 4.42. The first-order valence-corrected chi connectivity index (χ1v) is 10.5. The molecular formula is C21H27NO5S. The number of methoxy groups -OCH3 is 1. The third-order valence-corrected chi connectivity index (χ3v) is 6.16. The van der Waals surface area contributed by atoms with Crippen molar-refractivity contribution >= 4 is 21.7 Å². The molecule has 0 atom stereocenters. The molecule has 0 saturated carbocycles. The smallest absolute Gasteiger partial charge is 0.326 e. The number of hydrogen-bond acceptors (Lipinski definition) is 5. The highest BCUT2D eigenvalue weighted by atomic mass is 32.2. The SMILES string of the molecule is CCOC(=O)CN(c1c(C)cc(C)cc1C)S(=O)(=O)c1ccc(OC)c(C)c1. The van der Waals surface area contributed by atoms with E-state index in [-0.39, 0.29) is 11.5 Å². The Kier molecular flexibility index (Phi) is 6.72. The van der Waals surface area contributed by atoms with E-state index >= 15 is 0 Å². The van der Waals surface area contributed by atoms with Crippen LogP contribution in [0.25, 0.3) is 0 Å².